The quantitative estimate of drug-likeness (QED) is 0.562. The van der Waals surface area contributed by atoms with E-state index in [4.69, 9.17) is 18.9 Å². The van der Waals surface area contributed by atoms with Crippen molar-refractivity contribution in [1.82, 2.24) is 0 Å². The Morgan fingerprint density at radius 3 is 2.95 bits per heavy atom. The van der Waals surface area contributed by atoms with E-state index in [1.54, 1.807) is 6.08 Å². The summed E-state index contributed by atoms with van der Waals surface area (Å²) in [7, 11) is 1.30. The van der Waals surface area contributed by atoms with Crippen LogP contribution in [0.3, 0.4) is 0 Å². The Bertz CT molecular complexity index is 607. The molecule has 1 N–H and O–H groups in total. The van der Waals surface area contributed by atoms with Crippen molar-refractivity contribution in [2.24, 2.45) is 17.8 Å². The molecule has 22 heavy (non-hydrogen) atoms. The van der Waals surface area contributed by atoms with Gasteiger partial charge in [-0.25, -0.2) is 4.79 Å². The number of hydrogen-bond donors (Lipinski definition) is 1. The van der Waals surface area contributed by atoms with E-state index < -0.39 is 42.0 Å². The lowest BCUT2D eigenvalue weighted by Gasteiger charge is -2.32. The van der Waals surface area contributed by atoms with Crippen molar-refractivity contribution in [3.63, 3.8) is 0 Å². The first-order valence-corrected chi connectivity index (χ1v) is 7.19. The second-order valence-corrected chi connectivity index (χ2v) is 6.08. The van der Waals surface area contributed by atoms with Gasteiger partial charge >= 0.3 is 11.9 Å². The minimum atomic E-state index is -0.985. The molecule has 4 rings (SSSR count). The zero-order valence-electron chi connectivity index (χ0n) is 12.1. The largest absolute Gasteiger partial charge is 0.471 e. The third-order valence-electron chi connectivity index (χ3n) is 5.00. The lowest BCUT2D eigenvalue weighted by atomic mass is 9.77. The van der Waals surface area contributed by atoms with Gasteiger partial charge in [0.05, 0.1) is 31.0 Å². The molecule has 3 aliphatic heterocycles. The van der Waals surface area contributed by atoms with Gasteiger partial charge in [0.1, 0.15) is 12.0 Å². The fourth-order valence-electron chi connectivity index (χ4n) is 4.04. The second kappa shape index (κ2) is 4.33. The predicted octanol–water partition coefficient (Wildman–Crippen LogP) is -0.107. The van der Waals surface area contributed by atoms with Crippen LogP contribution in [0.4, 0.5) is 0 Å². The molecule has 0 aromatic carbocycles. The van der Waals surface area contributed by atoms with E-state index in [1.165, 1.54) is 20.3 Å². The van der Waals surface area contributed by atoms with Crippen LogP contribution >= 0.6 is 0 Å². The molecule has 7 nitrogen and oxygen atoms in total. The summed E-state index contributed by atoms with van der Waals surface area (Å²) in [5.41, 5.74) is -0.612. The van der Waals surface area contributed by atoms with Gasteiger partial charge in [-0.15, -0.1) is 0 Å². The number of esters is 2. The lowest BCUT2D eigenvalue weighted by molar-refractivity contribution is -0.166. The Morgan fingerprint density at radius 2 is 2.27 bits per heavy atom. The van der Waals surface area contributed by atoms with E-state index in [0.717, 1.165) is 0 Å². The average molecular weight is 308 g/mol. The van der Waals surface area contributed by atoms with Gasteiger partial charge in [-0.3, -0.25) is 4.79 Å². The normalized spacial score (nSPS) is 45.5. The maximum absolute atomic E-state index is 12.1. The van der Waals surface area contributed by atoms with Crippen LogP contribution in [0.1, 0.15) is 6.92 Å². The summed E-state index contributed by atoms with van der Waals surface area (Å²) in [5, 5.41) is 9.87. The molecule has 2 fully saturated rings. The van der Waals surface area contributed by atoms with Crippen molar-refractivity contribution < 1.29 is 33.6 Å². The standard InChI is InChI=1S/C15H16O7/c1-6(16)9-11-15(22-13(9)18)4-3-7-8(12(17)19-2)5-20-14(21-11)10(7)15/h3-7,9-11,14,16H,1-2H3/t6-,7-,9-,10-,11-,14+,15+/m1/s1. The summed E-state index contributed by atoms with van der Waals surface area (Å²) < 4.78 is 21.7. The van der Waals surface area contributed by atoms with Crippen LogP contribution in [0.5, 0.6) is 0 Å². The fourth-order valence-corrected chi connectivity index (χ4v) is 4.04. The van der Waals surface area contributed by atoms with Gasteiger partial charge in [-0.2, -0.15) is 0 Å². The highest BCUT2D eigenvalue weighted by Gasteiger charge is 2.72. The number of allylic oxidation sites excluding steroid dienone is 1. The van der Waals surface area contributed by atoms with Gasteiger partial charge < -0.3 is 24.1 Å². The molecule has 3 heterocycles. The van der Waals surface area contributed by atoms with Crippen molar-refractivity contribution in [2.75, 3.05) is 7.11 Å². The number of ether oxygens (including phenoxy) is 4. The fraction of sp³-hybridized carbons (Fsp3) is 0.600. The summed E-state index contributed by atoms with van der Waals surface area (Å²) in [6.45, 7) is 1.53. The van der Waals surface area contributed by atoms with Gasteiger partial charge in [0.15, 0.2) is 5.60 Å². The number of aliphatic hydroxyl groups excluding tert-OH is 1. The van der Waals surface area contributed by atoms with Gasteiger partial charge in [-0.1, -0.05) is 6.08 Å². The Hall–Kier alpha value is -1.86. The van der Waals surface area contributed by atoms with Crippen molar-refractivity contribution >= 4 is 11.9 Å². The van der Waals surface area contributed by atoms with Crippen molar-refractivity contribution in [2.45, 2.75) is 31.0 Å². The van der Waals surface area contributed by atoms with Crippen molar-refractivity contribution in [3.8, 4) is 0 Å². The molecule has 7 heteroatoms. The topological polar surface area (TPSA) is 91.3 Å². The van der Waals surface area contributed by atoms with Gasteiger partial charge in [0.2, 0.25) is 6.29 Å². The predicted molar refractivity (Wildman–Crippen MR) is 70.0 cm³/mol. The Kier molecular flexibility index (Phi) is 2.71. The van der Waals surface area contributed by atoms with E-state index in [-0.39, 0.29) is 11.8 Å². The average Bonchev–Trinajstić information content (AvgIpc) is 3.07. The van der Waals surface area contributed by atoms with E-state index in [0.29, 0.717) is 5.57 Å². The van der Waals surface area contributed by atoms with Crippen LogP contribution in [0.15, 0.2) is 24.0 Å². The van der Waals surface area contributed by atoms with Crippen molar-refractivity contribution in [1.29, 1.82) is 0 Å². The molecule has 0 radical (unpaired) electrons. The molecule has 0 saturated carbocycles. The minimum Gasteiger partial charge on any atom is -0.471 e. The van der Waals surface area contributed by atoms with Crippen LogP contribution in [-0.4, -0.2) is 48.3 Å². The molecule has 0 bridgehead atoms. The number of aliphatic hydroxyl groups is 1. The van der Waals surface area contributed by atoms with Crippen molar-refractivity contribution in [3.05, 3.63) is 24.0 Å². The van der Waals surface area contributed by atoms with E-state index in [1.807, 2.05) is 6.08 Å². The molecule has 2 saturated heterocycles. The summed E-state index contributed by atoms with van der Waals surface area (Å²) in [6, 6.07) is 0. The van der Waals surface area contributed by atoms with Crippen LogP contribution in [0, 0.1) is 17.8 Å². The molecule has 0 aromatic heterocycles. The first-order chi connectivity index (χ1) is 10.5. The molecule has 0 aromatic rings. The van der Waals surface area contributed by atoms with Crippen LogP contribution < -0.4 is 0 Å². The van der Waals surface area contributed by atoms with Crippen LogP contribution in [0.2, 0.25) is 0 Å². The monoisotopic (exact) mass is 308 g/mol. The van der Waals surface area contributed by atoms with E-state index >= 15 is 0 Å². The van der Waals surface area contributed by atoms with Crippen LogP contribution in [-0.2, 0) is 28.5 Å². The molecule has 7 atom stereocenters. The highest BCUT2D eigenvalue weighted by molar-refractivity contribution is 5.90. The molecular formula is C15H16O7. The summed E-state index contributed by atoms with van der Waals surface area (Å²) >= 11 is 0. The minimum absolute atomic E-state index is 0.295. The third-order valence-corrected chi connectivity index (χ3v) is 5.00. The number of methoxy groups -OCH3 is 1. The maximum Gasteiger partial charge on any atom is 0.337 e. The zero-order chi connectivity index (χ0) is 15.6. The first-order valence-electron chi connectivity index (χ1n) is 7.19. The lowest BCUT2D eigenvalue weighted by Crippen LogP contribution is -2.44. The number of carbonyl (C=O) groups excluding carboxylic acids is 2. The number of hydrogen-bond acceptors (Lipinski definition) is 7. The zero-order valence-corrected chi connectivity index (χ0v) is 12.1. The SMILES string of the molecule is COC(=O)C1=CO[C@H]2O[C@@H]3[C@@H]([C@@H](C)O)C(=O)O[C@]34C=C[C@H]1[C@H]24. The van der Waals surface area contributed by atoms with Gasteiger partial charge in [0.25, 0.3) is 0 Å². The van der Waals surface area contributed by atoms with Crippen LogP contribution in [0.25, 0.3) is 0 Å². The number of carbonyl (C=O) groups is 2. The summed E-state index contributed by atoms with van der Waals surface area (Å²) in [6.07, 6.45) is 2.81. The molecule has 1 aliphatic carbocycles. The highest BCUT2D eigenvalue weighted by atomic mass is 16.7. The molecule has 0 unspecified atom stereocenters. The smallest absolute Gasteiger partial charge is 0.337 e. The molecule has 118 valence electrons. The Labute approximate surface area is 126 Å². The first kappa shape index (κ1) is 13.8. The maximum atomic E-state index is 12.1. The number of rotatable bonds is 2. The second-order valence-electron chi connectivity index (χ2n) is 6.08. The Morgan fingerprint density at radius 1 is 1.50 bits per heavy atom. The molecule has 0 amide bonds. The molecule has 4 aliphatic rings. The summed E-state index contributed by atoms with van der Waals surface area (Å²) in [5.74, 6) is -2.37. The van der Waals surface area contributed by atoms with Gasteiger partial charge in [-0.05, 0) is 13.0 Å². The van der Waals surface area contributed by atoms with E-state index in [2.05, 4.69) is 0 Å². The van der Waals surface area contributed by atoms with E-state index in [9.17, 15) is 14.7 Å². The molecular weight excluding hydrogens is 292 g/mol. The Balaban J connectivity index is 1.74. The summed E-state index contributed by atoms with van der Waals surface area (Å²) in [4.78, 5) is 24.0. The third kappa shape index (κ3) is 1.47. The van der Waals surface area contributed by atoms with Gasteiger partial charge in [0, 0.05) is 5.92 Å². The highest BCUT2D eigenvalue weighted by Crippen LogP contribution is 2.58. The molecule has 1 spiro atoms.